The molecule has 2 aromatic rings. The van der Waals surface area contributed by atoms with Crippen molar-refractivity contribution in [3.05, 3.63) is 51.7 Å². The standard InChI is InChI=1S/C15H20N2O2S2/c1-3-16-8-13-6-4-5-7-15(13)21(18,19)17-9-14-11-20-10-12(14)2/h4-7,10-11,16-17H,3,8-9H2,1-2H3. The lowest BCUT2D eigenvalue weighted by Crippen LogP contribution is -2.25. The fourth-order valence-electron chi connectivity index (χ4n) is 1.99. The highest BCUT2D eigenvalue weighted by Gasteiger charge is 2.17. The molecule has 0 radical (unpaired) electrons. The van der Waals surface area contributed by atoms with Crippen LogP contribution in [0.25, 0.3) is 0 Å². The van der Waals surface area contributed by atoms with E-state index in [9.17, 15) is 8.42 Å². The second kappa shape index (κ2) is 7.17. The molecule has 2 N–H and O–H groups in total. The average Bonchev–Trinajstić information content (AvgIpc) is 2.89. The minimum Gasteiger partial charge on any atom is -0.313 e. The molecule has 0 unspecified atom stereocenters. The fraction of sp³-hybridized carbons (Fsp3) is 0.333. The monoisotopic (exact) mass is 324 g/mol. The van der Waals surface area contributed by atoms with Crippen LogP contribution in [-0.4, -0.2) is 15.0 Å². The summed E-state index contributed by atoms with van der Waals surface area (Å²) in [5.74, 6) is 0. The number of thiophene rings is 1. The largest absolute Gasteiger partial charge is 0.313 e. The molecule has 2 rings (SSSR count). The SMILES string of the molecule is CCNCc1ccccc1S(=O)(=O)NCc1cscc1C. The van der Waals surface area contributed by atoms with Crippen molar-refractivity contribution in [2.75, 3.05) is 6.54 Å². The first-order valence-corrected chi connectivity index (χ1v) is 9.27. The fourth-order valence-corrected chi connectivity index (χ4v) is 4.09. The molecule has 6 heteroatoms. The summed E-state index contributed by atoms with van der Waals surface area (Å²) in [4.78, 5) is 0.346. The highest BCUT2D eigenvalue weighted by Crippen LogP contribution is 2.17. The summed E-state index contributed by atoms with van der Waals surface area (Å²) in [7, 11) is -3.50. The second-order valence-electron chi connectivity index (χ2n) is 4.79. The molecule has 114 valence electrons. The normalized spacial score (nSPS) is 11.7. The zero-order chi connectivity index (χ0) is 15.3. The van der Waals surface area contributed by atoms with Gasteiger partial charge >= 0.3 is 0 Å². The van der Waals surface area contributed by atoms with E-state index in [1.807, 2.05) is 36.7 Å². The summed E-state index contributed by atoms with van der Waals surface area (Å²) in [6, 6.07) is 7.09. The minimum atomic E-state index is -3.50. The van der Waals surface area contributed by atoms with Gasteiger partial charge in [0.15, 0.2) is 0 Å². The van der Waals surface area contributed by atoms with Gasteiger partial charge in [0, 0.05) is 13.1 Å². The molecule has 0 saturated carbocycles. The van der Waals surface area contributed by atoms with Crippen LogP contribution in [0.4, 0.5) is 0 Å². The first-order chi connectivity index (χ1) is 10.0. The summed E-state index contributed by atoms with van der Waals surface area (Å²) >= 11 is 1.58. The highest BCUT2D eigenvalue weighted by molar-refractivity contribution is 7.89. The van der Waals surface area contributed by atoms with Gasteiger partial charge in [-0.15, -0.1) is 0 Å². The maximum Gasteiger partial charge on any atom is 0.241 e. The highest BCUT2D eigenvalue weighted by atomic mass is 32.2. The topological polar surface area (TPSA) is 58.2 Å². The van der Waals surface area contributed by atoms with Crippen LogP contribution in [0.3, 0.4) is 0 Å². The van der Waals surface area contributed by atoms with Crippen LogP contribution in [0, 0.1) is 6.92 Å². The van der Waals surface area contributed by atoms with Crippen LogP contribution < -0.4 is 10.0 Å². The Morgan fingerprint density at radius 1 is 1.10 bits per heavy atom. The molecule has 0 aliphatic carbocycles. The molecule has 0 spiro atoms. The van der Waals surface area contributed by atoms with Crippen LogP contribution in [0.2, 0.25) is 0 Å². The summed E-state index contributed by atoms with van der Waals surface area (Å²) in [6.45, 7) is 5.65. The Balaban J connectivity index is 2.17. The average molecular weight is 324 g/mol. The van der Waals surface area contributed by atoms with Gasteiger partial charge in [-0.2, -0.15) is 11.3 Å². The quantitative estimate of drug-likeness (QED) is 0.823. The Kier molecular flexibility index (Phi) is 5.52. The van der Waals surface area contributed by atoms with E-state index in [0.717, 1.165) is 23.2 Å². The van der Waals surface area contributed by atoms with E-state index in [-0.39, 0.29) is 0 Å². The van der Waals surface area contributed by atoms with E-state index >= 15 is 0 Å². The van der Waals surface area contributed by atoms with Crippen LogP contribution in [0.5, 0.6) is 0 Å². The molecule has 0 atom stereocenters. The molecular weight excluding hydrogens is 304 g/mol. The van der Waals surface area contributed by atoms with Crippen molar-refractivity contribution >= 4 is 21.4 Å². The second-order valence-corrected chi connectivity index (χ2v) is 7.27. The number of sulfonamides is 1. The molecule has 0 bridgehead atoms. The molecule has 4 nitrogen and oxygen atoms in total. The van der Waals surface area contributed by atoms with Crippen molar-refractivity contribution in [3.8, 4) is 0 Å². The summed E-state index contributed by atoms with van der Waals surface area (Å²) in [5.41, 5.74) is 2.92. The molecule has 1 heterocycles. The lowest BCUT2D eigenvalue weighted by atomic mass is 10.2. The number of hydrogen-bond acceptors (Lipinski definition) is 4. The Hall–Kier alpha value is -1.21. The Morgan fingerprint density at radius 3 is 2.52 bits per heavy atom. The van der Waals surface area contributed by atoms with Gasteiger partial charge in [-0.25, -0.2) is 13.1 Å². The predicted octanol–water partition coefficient (Wildman–Crippen LogP) is 2.64. The molecule has 0 saturated heterocycles. The number of nitrogens with one attached hydrogen (secondary N) is 2. The van der Waals surface area contributed by atoms with Crippen molar-refractivity contribution < 1.29 is 8.42 Å². The Bertz CT molecular complexity index is 693. The van der Waals surface area contributed by atoms with Crippen molar-refractivity contribution in [2.24, 2.45) is 0 Å². The van der Waals surface area contributed by atoms with Crippen molar-refractivity contribution in [3.63, 3.8) is 0 Å². The van der Waals surface area contributed by atoms with Gasteiger partial charge < -0.3 is 5.32 Å². The van der Waals surface area contributed by atoms with E-state index in [2.05, 4.69) is 10.0 Å². The molecule has 0 fully saturated rings. The first kappa shape index (κ1) is 16.2. The van der Waals surface area contributed by atoms with Crippen molar-refractivity contribution in [2.45, 2.75) is 31.8 Å². The number of rotatable bonds is 7. The molecule has 0 aliphatic heterocycles. The van der Waals surface area contributed by atoms with Gasteiger partial charge in [-0.3, -0.25) is 0 Å². The third-order valence-electron chi connectivity index (χ3n) is 3.24. The third-order valence-corrected chi connectivity index (χ3v) is 5.65. The van der Waals surface area contributed by atoms with E-state index in [1.54, 1.807) is 23.5 Å². The van der Waals surface area contributed by atoms with Crippen LogP contribution in [-0.2, 0) is 23.1 Å². The smallest absolute Gasteiger partial charge is 0.241 e. The Labute approximate surface area is 130 Å². The zero-order valence-corrected chi connectivity index (χ0v) is 13.9. The number of benzene rings is 1. The molecule has 21 heavy (non-hydrogen) atoms. The van der Waals surface area contributed by atoms with Gasteiger partial charge in [-0.1, -0.05) is 25.1 Å². The Morgan fingerprint density at radius 2 is 1.86 bits per heavy atom. The number of aryl methyl sites for hydroxylation is 1. The molecule has 0 aliphatic rings. The molecular formula is C15H20N2O2S2. The maximum atomic E-state index is 12.5. The third kappa shape index (κ3) is 4.14. The van der Waals surface area contributed by atoms with E-state index in [1.165, 1.54) is 0 Å². The van der Waals surface area contributed by atoms with Gasteiger partial charge in [0.25, 0.3) is 0 Å². The summed E-state index contributed by atoms with van der Waals surface area (Å²) in [5, 5.41) is 7.16. The van der Waals surface area contributed by atoms with Gasteiger partial charge in [-0.05, 0) is 47.0 Å². The van der Waals surface area contributed by atoms with Crippen LogP contribution in [0.15, 0.2) is 39.9 Å². The van der Waals surface area contributed by atoms with Crippen LogP contribution in [0.1, 0.15) is 23.6 Å². The van der Waals surface area contributed by atoms with Crippen molar-refractivity contribution in [1.29, 1.82) is 0 Å². The maximum absolute atomic E-state index is 12.5. The predicted molar refractivity (Wildman–Crippen MR) is 86.9 cm³/mol. The van der Waals surface area contributed by atoms with E-state index in [4.69, 9.17) is 0 Å². The number of hydrogen-bond donors (Lipinski definition) is 2. The lowest BCUT2D eigenvalue weighted by Gasteiger charge is -2.11. The van der Waals surface area contributed by atoms with Gasteiger partial charge in [0.2, 0.25) is 10.0 Å². The van der Waals surface area contributed by atoms with Crippen molar-refractivity contribution in [1.82, 2.24) is 10.0 Å². The molecule has 1 aromatic carbocycles. The van der Waals surface area contributed by atoms with E-state index in [0.29, 0.717) is 18.0 Å². The summed E-state index contributed by atoms with van der Waals surface area (Å²) < 4.78 is 27.7. The first-order valence-electron chi connectivity index (χ1n) is 6.84. The van der Waals surface area contributed by atoms with Crippen LogP contribution >= 0.6 is 11.3 Å². The van der Waals surface area contributed by atoms with E-state index < -0.39 is 10.0 Å². The zero-order valence-electron chi connectivity index (χ0n) is 12.2. The van der Waals surface area contributed by atoms with Gasteiger partial charge in [0.05, 0.1) is 4.90 Å². The molecule has 0 amide bonds. The molecule has 1 aromatic heterocycles. The minimum absolute atomic E-state index is 0.327. The summed E-state index contributed by atoms with van der Waals surface area (Å²) in [6.07, 6.45) is 0. The lowest BCUT2D eigenvalue weighted by molar-refractivity contribution is 0.578. The van der Waals surface area contributed by atoms with Gasteiger partial charge in [0.1, 0.15) is 0 Å².